The topological polar surface area (TPSA) is 139 Å². The molecule has 1 aromatic carbocycles. The summed E-state index contributed by atoms with van der Waals surface area (Å²) in [5, 5.41) is 30.0. The zero-order chi connectivity index (χ0) is 13.2. The Bertz CT molecular complexity index is 518. The van der Waals surface area contributed by atoms with Crippen LogP contribution in [-0.2, 0) is 21.1 Å². The maximum Gasteiger partial charge on any atom is 2.00 e. The van der Waals surface area contributed by atoms with Crippen LogP contribution in [0.3, 0.4) is 0 Å². The minimum Gasteiger partial charge on any atom is -0.269 e. The van der Waals surface area contributed by atoms with Crippen LogP contribution in [0.25, 0.3) is 0 Å². The van der Waals surface area contributed by atoms with E-state index >= 15 is 0 Å². The first-order valence-electron chi connectivity index (χ1n) is 4.08. The van der Waals surface area contributed by atoms with Crippen LogP contribution in [0.5, 0.6) is 5.75 Å². The summed E-state index contributed by atoms with van der Waals surface area (Å²) in [6.07, 6.45) is 0. The smallest absolute Gasteiger partial charge is 0.269 e. The Kier molecular flexibility index (Phi) is 5.31. The van der Waals surface area contributed by atoms with Gasteiger partial charge in [0.05, 0.1) is 15.9 Å². The summed E-state index contributed by atoms with van der Waals surface area (Å²) in [5.74, 6) is -0.620. The molecule has 0 atom stereocenters. The van der Waals surface area contributed by atoms with Gasteiger partial charge in [0.25, 0.3) is 10.8 Å². The van der Waals surface area contributed by atoms with Crippen molar-refractivity contribution in [3.05, 3.63) is 48.0 Å². The molecule has 0 fully saturated rings. The summed E-state index contributed by atoms with van der Waals surface area (Å²) in [5.41, 5.74) is -1.43. The van der Waals surface area contributed by atoms with E-state index in [0.717, 1.165) is 6.07 Å². The van der Waals surface area contributed by atoms with Gasteiger partial charge in [-0.3, -0.25) is 25.1 Å². The maximum absolute atomic E-state index is 10.6. The summed E-state index contributed by atoms with van der Waals surface area (Å²) in [6.45, 7) is 1.23. The molecule has 18 heavy (non-hydrogen) atoms. The number of aryl methyl sites for hydroxylation is 1. The van der Waals surface area contributed by atoms with E-state index in [-0.39, 0.29) is 26.6 Å². The number of nitrogens with zero attached hydrogens (tertiary/aromatic N) is 3. The van der Waals surface area contributed by atoms with Crippen LogP contribution in [0.15, 0.2) is 12.1 Å². The molecule has 0 N–H and O–H groups in total. The first-order chi connectivity index (χ1) is 7.82. The van der Waals surface area contributed by atoms with Crippen LogP contribution in [0.4, 0.5) is 11.4 Å². The molecule has 0 saturated carbocycles. The fraction of sp³-hybridized carbons (Fsp3) is 0.143. The SMILES string of the molecule is Cc1cc([N+](=O)[O-])cc([N+](=O)[O-])c1O[N+](=O)[O-].[Pt+2]. The Hall–Kier alpha value is -2.09. The van der Waals surface area contributed by atoms with Gasteiger partial charge in [0.2, 0.25) is 5.75 Å². The van der Waals surface area contributed by atoms with Crippen LogP contribution in [0.1, 0.15) is 5.56 Å². The van der Waals surface area contributed by atoms with Gasteiger partial charge in [0, 0.05) is 6.07 Å². The van der Waals surface area contributed by atoms with Crippen LogP contribution < -0.4 is 4.84 Å². The molecule has 0 bridgehead atoms. The first kappa shape index (κ1) is 15.9. The van der Waals surface area contributed by atoms with Crippen molar-refractivity contribution in [2.75, 3.05) is 0 Å². The van der Waals surface area contributed by atoms with Gasteiger partial charge >= 0.3 is 26.8 Å². The summed E-state index contributed by atoms with van der Waals surface area (Å²) >= 11 is 0. The molecule has 0 radical (unpaired) electrons. The van der Waals surface area contributed by atoms with Crippen molar-refractivity contribution in [2.24, 2.45) is 0 Å². The Morgan fingerprint density at radius 3 is 2.00 bits per heavy atom. The van der Waals surface area contributed by atoms with E-state index in [1.807, 2.05) is 0 Å². The average Bonchev–Trinajstić information content (AvgIpc) is 2.19. The molecule has 0 spiro atoms. The molecule has 0 heterocycles. The largest absolute Gasteiger partial charge is 2.00 e. The maximum atomic E-state index is 10.6. The van der Waals surface area contributed by atoms with Gasteiger partial charge in [0.15, 0.2) is 0 Å². The van der Waals surface area contributed by atoms with E-state index < -0.39 is 32.1 Å². The number of nitro groups is 2. The van der Waals surface area contributed by atoms with Gasteiger partial charge < -0.3 is 0 Å². The molecule has 11 heteroatoms. The van der Waals surface area contributed by atoms with Crippen molar-refractivity contribution >= 4 is 11.4 Å². The second-order valence-corrected chi connectivity index (χ2v) is 2.94. The molecule has 1 rings (SSSR count). The molecule has 1 aromatic rings. The number of nitro benzene ring substituents is 2. The van der Waals surface area contributed by atoms with Crippen LogP contribution in [-0.4, -0.2) is 14.9 Å². The zero-order valence-electron chi connectivity index (χ0n) is 8.67. The normalized spacial score (nSPS) is 9.17. The average molecular weight is 438 g/mol. The third kappa shape index (κ3) is 3.45. The molecule has 98 valence electrons. The summed E-state index contributed by atoms with van der Waals surface area (Å²) in [7, 11) is 0. The van der Waals surface area contributed by atoms with Crippen molar-refractivity contribution in [3.63, 3.8) is 0 Å². The molecule has 0 saturated heterocycles. The summed E-state index contributed by atoms with van der Waals surface area (Å²) in [4.78, 5) is 33.4. The summed E-state index contributed by atoms with van der Waals surface area (Å²) in [6, 6.07) is 1.55. The molecule has 0 aliphatic carbocycles. The minimum atomic E-state index is -1.22. The van der Waals surface area contributed by atoms with Crippen LogP contribution in [0.2, 0.25) is 0 Å². The third-order valence-corrected chi connectivity index (χ3v) is 1.81. The molecule has 10 nitrogen and oxygen atoms in total. The second-order valence-electron chi connectivity index (χ2n) is 2.94. The number of hydrogen-bond donors (Lipinski definition) is 0. The third-order valence-electron chi connectivity index (χ3n) is 1.81. The van der Waals surface area contributed by atoms with Crippen molar-refractivity contribution in [2.45, 2.75) is 6.92 Å². The number of hydrogen-bond acceptors (Lipinski definition) is 7. The van der Waals surface area contributed by atoms with Gasteiger partial charge in [-0.1, -0.05) is 0 Å². The van der Waals surface area contributed by atoms with E-state index in [2.05, 4.69) is 4.84 Å². The van der Waals surface area contributed by atoms with Crippen molar-refractivity contribution in [1.29, 1.82) is 0 Å². The van der Waals surface area contributed by atoms with E-state index in [9.17, 15) is 30.3 Å². The van der Waals surface area contributed by atoms with Crippen molar-refractivity contribution < 1.29 is 40.8 Å². The predicted molar refractivity (Wildman–Crippen MR) is 52.1 cm³/mol. The Balaban J connectivity index is 0.00000289. The van der Waals surface area contributed by atoms with Gasteiger partial charge in [-0.2, -0.15) is 0 Å². The van der Waals surface area contributed by atoms with E-state index in [0.29, 0.717) is 6.07 Å². The molecule has 0 aromatic heterocycles. The Morgan fingerprint density at radius 1 is 1.06 bits per heavy atom. The van der Waals surface area contributed by atoms with Gasteiger partial charge in [0.1, 0.15) is 0 Å². The van der Waals surface area contributed by atoms with Gasteiger partial charge in [-0.05, 0) is 12.5 Å². The Labute approximate surface area is 113 Å². The van der Waals surface area contributed by atoms with E-state index in [4.69, 9.17) is 0 Å². The molecule has 0 aliphatic heterocycles. The minimum absolute atomic E-state index is 0. The van der Waals surface area contributed by atoms with Gasteiger partial charge in [-0.15, -0.1) is 10.1 Å². The quantitative estimate of drug-likeness (QED) is 0.511. The molecule has 0 unspecified atom stereocenters. The van der Waals surface area contributed by atoms with Crippen molar-refractivity contribution in [1.82, 2.24) is 0 Å². The molecule has 0 amide bonds. The monoisotopic (exact) mass is 438 g/mol. The predicted octanol–water partition coefficient (Wildman–Crippen LogP) is 1.38. The Morgan fingerprint density at radius 2 is 1.61 bits per heavy atom. The summed E-state index contributed by atoms with van der Waals surface area (Å²) < 4.78 is 0. The molecular formula is C7H5N3O7Pt+2. The number of non-ortho nitro benzene ring substituents is 1. The van der Waals surface area contributed by atoms with Crippen molar-refractivity contribution in [3.8, 4) is 5.75 Å². The fourth-order valence-electron chi connectivity index (χ4n) is 1.17. The van der Waals surface area contributed by atoms with Crippen LogP contribution in [0, 0.1) is 37.3 Å². The first-order valence-corrected chi connectivity index (χ1v) is 4.08. The second kappa shape index (κ2) is 6.01. The van der Waals surface area contributed by atoms with Gasteiger partial charge in [-0.25, -0.2) is 0 Å². The number of rotatable bonds is 4. The zero-order valence-corrected chi connectivity index (χ0v) is 10.9. The van der Waals surface area contributed by atoms with Crippen LogP contribution >= 0.6 is 0 Å². The number of benzene rings is 1. The standard InChI is InChI=1S/C7H5N3O7.Pt/c1-4-2-5(8(11)12)3-6(9(13)14)7(4)17-10(15)16;/h2-3H,1H3;/q;+2. The van der Waals surface area contributed by atoms with E-state index in [1.165, 1.54) is 6.92 Å². The molecular weight excluding hydrogens is 433 g/mol. The van der Waals surface area contributed by atoms with E-state index in [1.54, 1.807) is 0 Å². The molecule has 0 aliphatic rings. The fourth-order valence-corrected chi connectivity index (χ4v) is 1.17.